The van der Waals surface area contributed by atoms with Crippen molar-refractivity contribution in [3.63, 3.8) is 0 Å². The highest BCUT2D eigenvalue weighted by Gasteiger charge is 2.36. The monoisotopic (exact) mass is 338 g/mol. The molecule has 23 heavy (non-hydrogen) atoms. The van der Waals surface area contributed by atoms with Crippen molar-refractivity contribution in [1.82, 2.24) is 19.7 Å². The van der Waals surface area contributed by atoms with Crippen molar-refractivity contribution in [3.05, 3.63) is 18.5 Å². The van der Waals surface area contributed by atoms with E-state index in [1.807, 2.05) is 4.90 Å². The third-order valence-corrected chi connectivity index (χ3v) is 6.96. The molecular formula is C15H22N4O3S. The van der Waals surface area contributed by atoms with Crippen LogP contribution in [-0.4, -0.2) is 52.3 Å². The summed E-state index contributed by atoms with van der Waals surface area (Å²) in [6, 6.07) is 0. The molecule has 0 radical (unpaired) electrons. The van der Waals surface area contributed by atoms with Gasteiger partial charge in [0.2, 0.25) is 20.9 Å². The number of hydrogen-bond acceptors (Lipinski definition) is 5. The van der Waals surface area contributed by atoms with Crippen LogP contribution < -0.4 is 0 Å². The molecule has 1 amide bonds. The average Bonchev–Trinajstić information content (AvgIpc) is 3.02. The molecule has 1 aromatic rings. The van der Waals surface area contributed by atoms with E-state index in [1.54, 1.807) is 7.05 Å². The highest BCUT2D eigenvalue weighted by Crippen LogP contribution is 2.26. The van der Waals surface area contributed by atoms with Gasteiger partial charge in [-0.15, -0.1) is 10.2 Å². The van der Waals surface area contributed by atoms with Gasteiger partial charge in [0.1, 0.15) is 6.33 Å². The van der Waals surface area contributed by atoms with E-state index in [0.717, 1.165) is 19.3 Å². The van der Waals surface area contributed by atoms with Crippen molar-refractivity contribution < 1.29 is 13.2 Å². The van der Waals surface area contributed by atoms with Crippen LogP contribution in [0.4, 0.5) is 0 Å². The van der Waals surface area contributed by atoms with Crippen molar-refractivity contribution in [2.75, 3.05) is 13.1 Å². The zero-order valence-electron chi connectivity index (χ0n) is 13.3. The second-order valence-electron chi connectivity index (χ2n) is 6.28. The molecule has 2 aliphatic rings. The normalized spacial score (nSPS) is 23.2. The molecule has 1 saturated heterocycles. The molecule has 1 aliphatic heterocycles. The molecule has 1 aliphatic carbocycles. The third kappa shape index (κ3) is 3.17. The van der Waals surface area contributed by atoms with Gasteiger partial charge in [-0.1, -0.05) is 12.2 Å². The van der Waals surface area contributed by atoms with Crippen LogP contribution in [0.2, 0.25) is 0 Å². The topological polar surface area (TPSA) is 85.2 Å². The Balaban J connectivity index is 1.63. The second kappa shape index (κ2) is 6.43. The van der Waals surface area contributed by atoms with Gasteiger partial charge < -0.3 is 9.47 Å². The molecule has 1 fully saturated rings. The van der Waals surface area contributed by atoms with E-state index in [-0.39, 0.29) is 17.0 Å². The van der Waals surface area contributed by atoms with Crippen molar-refractivity contribution in [2.45, 2.75) is 42.5 Å². The average molecular weight is 338 g/mol. The molecule has 0 aromatic carbocycles. The van der Waals surface area contributed by atoms with Gasteiger partial charge in [-0.3, -0.25) is 4.79 Å². The van der Waals surface area contributed by atoms with Crippen molar-refractivity contribution in [3.8, 4) is 0 Å². The van der Waals surface area contributed by atoms with Crippen LogP contribution in [0.5, 0.6) is 0 Å². The Morgan fingerprint density at radius 1 is 1.22 bits per heavy atom. The Hall–Kier alpha value is -1.70. The van der Waals surface area contributed by atoms with Crippen LogP contribution in [0.3, 0.4) is 0 Å². The van der Waals surface area contributed by atoms with E-state index in [0.29, 0.717) is 25.9 Å². The fraction of sp³-hybridized carbons (Fsp3) is 0.667. The molecule has 3 rings (SSSR count). The van der Waals surface area contributed by atoms with Crippen LogP contribution in [0, 0.1) is 5.92 Å². The Kier molecular flexibility index (Phi) is 4.52. The van der Waals surface area contributed by atoms with Gasteiger partial charge in [-0.2, -0.15) is 0 Å². The van der Waals surface area contributed by atoms with Gasteiger partial charge in [0.05, 0.1) is 5.25 Å². The van der Waals surface area contributed by atoms with Gasteiger partial charge in [0.25, 0.3) is 0 Å². The van der Waals surface area contributed by atoms with Gasteiger partial charge in [0, 0.05) is 26.1 Å². The molecule has 7 nitrogen and oxygen atoms in total. The SMILES string of the molecule is Cn1cnnc1S(=O)(=O)C1CCN(C(=O)C2CC=CCC2)CC1. The summed E-state index contributed by atoms with van der Waals surface area (Å²) >= 11 is 0. The largest absolute Gasteiger partial charge is 0.342 e. The first-order chi connectivity index (χ1) is 11.0. The maximum atomic E-state index is 12.6. The van der Waals surface area contributed by atoms with Crippen LogP contribution in [0.15, 0.2) is 23.6 Å². The molecule has 126 valence electrons. The lowest BCUT2D eigenvalue weighted by Crippen LogP contribution is -2.45. The summed E-state index contributed by atoms with van der Waals surface area (Å²) < 4.78 is 26.7. The highest BCUT2D eigenvalue weighted by atomic mass is 32.2. The number of carbonyl (C=O) groups is 1. The number of allylic oxidation sites excluding steroid dienone is 2. The van der Waals surface area contributed by atoms with Crippen LogP contribution >= 0.6 is 0 Å². The van der Waals surface area contributed by atoms with Gasteiger partial charge in [-0.05, 0) is 32.1 Å². The smallest absolute Gasteiger partial charge is 0.249 e. The zero-order chi connectivity index (χ0) is 16.4. The number of rotatable bonds is 3. The second-order valence-corrected chi connectivity index (χ2v) is 8.40. The Bertz CT molecular complexity index is 702. The summed E-state index contributed by atoms with van der Waals surface area (Å²) in [5.74, 6) is 0.232. The van der Waals surface area contributed by atoms with E-state index >= 15 is 0 Å². The summed E-state index contributed by atoms with van der Waals surface area (Å²) in [7, 11) is -1.86. The molecule has 0 spiro atoms. The molecule has 0 saturated carbocycles. The van der Waals surface area contributed by atoms with Gasteiger partial charge in [0.15, 0.2) is 0 Å². The summed E-state index contributed by atoms with van der Waals surface area (Å²) in [4.78, 5) is 14.3. The van der Waals surface area contributed by atoms with Crippen molar-refractivity contribution in [2.24, 2.45) is 13.0 Å². The number of amides is 1. The number of hydrogen-bond donors (Lipinski definition) is 0. The molecule has 0 N–H and O–H groups in total. The maximum absolute atomic E-state index is 12.6. The lowest BCUT2D eigenvalue weighted by atomic mass is 9.92. The van der Waals surface area contributed by atoms with Crippen LogP contribution in [0.1, 0.15) is 32.1 Å². The number of nitrogens with zero attached hydrogens (tertiary/aromatic N) is 4. The van der Waals surface area contributed by atoms with Crippen molar-refractivity contribution in [1.29, 1.82) is 0 Å². The summed E-state index contributed by atoms with van der Waals surface area (Å²) in [5.41, 5.74) is 0. The van der Waals surface area contributed by atoms with E-state index in [1.165, 1.54) is 10.9 Å². The third-order valence-electron chi connectivity index (χ3n) is 4.74. The van der Waals surface area contributed by atoms with Gasteiger partial charge >= 0.3 is 0 Å². The fourth-order valence-corrected chi connectivity index (χ4v) is 5.08. The van der Waals surface area contributed by atoms with Crippen LogP contribution in [-0.2, 0) is 21.7 Å². The zero-order valence-corrected chi connectivity index (χ0v) is 14.1. The molecule has 0 bridgehead atoms. The summed E-state index contributed by atoms with van der Waals surface area (Å²) in [6.07, 6.45) is 9.14. The molecule has 8 heteroatoms. The van der Waals surface area contributed by atoms with E-state index in [4.69, 9.17) is 0 Å². The number of carbonyl (C=O) groups excluding carboxylic acids is 1. The number of sulfone groups is 1. The Morgan fingerprint density at radius 3 is 2.52 bits per heavy atom. The minimum atomic E-state index is -3.48. The molecular weight excluding hydrogens is 316 g/mol. The summed E-state index contributed by atoms with van der Waals surface area (Å²) in [5, 5.41) is 6.91. The fourth-order valence-electron chi connectivity index (χ4n) is 3.34. The first-order valence-corrected chi connectivity index (χ1v) is 9.56. The lowest BCUT2D eigenvalue weighted by molar-refractivity contribution is -0.136. The molecule has 2 heterocycles. The minimum Gasteiger partial charge on any atom is -0.342 e. The van der Waals surface area contributed by atoms with Crippen LogP contribution in [0.25, 0.3) is 0 Å². The highest BCUT2D eigenvalue weighted by molar-refractivity contribution is 7.91. The number of piperidine rings is 1. The first kappa shape index (κ1) is 16.2. The number of aromatic nitrogens is 3. The summed E-state index contributed by atoms with van der Waals surface area (Å²) in [6.45, 7) is 1.00. The number of likely N-dealkylation sites (tertiary alicyclic amines) is 1. The van der Waals surface area contributed by atoms with E-state index in [2.05, 4.69) is 22.3 Å². The maximum Gasteiger partial charge on any atom is 0.249 e. The molecule has 1 aromatic heterocycles. The van der Waals surface area contributed by atoms with E-state index < -0.39 is 15.1 Å². The first-order valence-electron chi connectivity index (χ1n) is 8.02. The van der Waals surface area contributed by atoms with Gasteiger partial charge in [-0.25, -0.2) is 8.42 Å². The quantitative estimate of drug-likeness (QED) is 0.766. The predicted molar refractivity (Wildman–Crippen MR) is 84.3 cm³/mol. The predicted octanol–water partition coefficient (Wildman–Crippen LogP) is 0.936. The standard InChI is InChI=1S/C15H22N4O3S/c1-18-11-16-17-15(18)23(21,22)13-7-9-19(10-8-13)14(20)12-5-3-2-4-6-12/h2-3,11-13H,4-10H2,1H3. The van der Waals surface area contributed by atoms with Crippen molar-refractivity contribution >= 4 is 15.7 Å². The lowest BCUT2D eigenvalue weighted by Gasteiger charge is -2.34. The minimum absolute atomic E-state index is 0.0136. The Labute approximate surface area is 136 Å². The molecule has 1 atom stereocenters. The Morgan fingerprint density at radius 2 is 1.96 bits per heavy atom. The molecule has 1 unspecified atom stereocenters. The number of aryl methyl sites for hydroxylation is 1. The van der Waals surface area contributed by atoms with E-state index in [9.17, 15) is 13.2 Å².